The van der Waals surface area contributed by atoms with Crippen LogP contribution in [0.2, 0.25) is 0 Å². The highest BCUT2D eigenvalue weighted by Crippen LogP contribution is 2.17. The predicted molar refractivity (Wildman–Crippen MR) is 50.5 cm³/mol. The molecule has 0 amide bonds. The van der Waals surface area contributed by atoms with Crippen molar-refractivity contribution in [2.45, 2.75) is 13.3 Å². The lowest BCUT2D eigenvalue weighted by Gasteiger charge is -1.89. The van der Waals surface area contributed by atoms with Gasteiger partial charge in [0, 0.05) is 11.0 Å². The maximum atomic E-state index is 10.4. The number of anilines is 1. The van der Waals surface area contributed by atoms with Crippen LogP contribution >= 0.6 is 11.3 Å². The molecule has 0 aliphatic carbocycles. The molecular formula is C8H9N2OS. The Balaban J connectivity index is 2.94. The number of thiazole rings is 1. The van der Waals surface area contributed by atoms with Crippen molar-refractivity contribution < 1.29 is 4.79 Å². The summed E-state index contributed by atoms with van der Waals surface area (Å²) in [6, 6.07) is 0. The Morgan fingerprint density at radius 1 is 1.92 bits per heavy atom. The minimum absolute atomic E-state index is 0.474. The summed E-state index contributed by atoms with van der Waals surface area (Å²) in [4.78, 5) is 14.4. The third-order valence-corrected chi connectivity index (χ3v) is 1.99. The summed E-state index contributed by atoms with van der Waals surface area (Å²) < 4.78 is 0. The van der Waals surface area contributed by atoms with Gasteiger partial charge in [-0.3, -0.25) is 4.79 Å². The number of nitrogens with zero attached hydrogens (tertiary/aromatic N) is 1. The Kier molecular flexibility index (Phi) is 2.99. The maximum Gasteiger partial charge on any atom is 0.235 e. The van der Waals surface area contributed by atoms with Gasteiger partial charge in [0.25, 0.3) is 0 Å². The first kappa shape index (κ1) is 8.93. The molecule has 12 heavy (non-hydrogen) atoms. The second-order valence-electron chi connectivity index (χ2n) is 2.20. The Hall–Kier alpha value is -1.16. The van der Waals surface area contributed by atoms with E-state index >= 15 is 0 Å². The van der Waals surface area contributed by atoms with Crippen LogP contribution in [0.4, 0.5) is 5.13 Å². The first-order valence-corrected chi connectivity index (χ1v) is 4.45. The van der Waals surface area contributed by atoms with Crippen molar-refractivity contribution in [3.05, 3.63) is 17.2 Å². The van der Waals surface area contributed by atoms with Crippen LogP contribution in [0.25, 0.3) is 5.57 Å². The van der Waals surface area contributed by atoms with E-state index in [1.165, 1.54) is 11.3 Å². The van der Waals surface area contributed by atoms with Crippen LogP contribution in [-0.4, -0.2) is 11.3 Å². The lowest BCUT2D eigenvalue weighted by Crippen LogP contribution is -1.88. The molecule has 0 aliphatic heterocycles. The number of hydrogen-bond acceptors (Lipinski definition) is 4. The number of carbonyl (C=O) groups excluding carboxylic acids is 1. The number of rotatable bonds is 3. The SMILES string of the molecule is CC/C=C(/[C]=O)c1csc(N)n1. The summed E-state index contributed by atoms with van der Waals surface area (Å²) in [5.41, 5.74) is 6.53. The van der Waals surface area contributed by atoms with E-state index in [0.29, 0.717) is 16.4 Å². The molecule has 0 aliphatic rings. The molecule has 0 spiro atoms. The molecule has 1 aromatic heterocycles. The summed E-state index contributed by atoms with van der Waals surface area (Å²) in [6.07, 6.45) is 4.41. The smallest absolute Gasteiger partial charge is 0.235 e. The van der Waals surface area contributed by atoms with Crippen molar-refractivity contribution in [3.63, 3.8) is 0 Å². The fraction of sp³-hybridized carbons (Fsp3) is 0.250. The second kappa shape index (κ2) is 4.01. The fourth-order valence-corrected chi connectivity index (χ4v) is 1.38. The average Bonchev–Trinajstić information content (AvgIpc) is 2.47. The minimum atomic E-state index is 0.474. The van der Waals surface area contributed by atoms with Gasteiger partial charge in [-0.1, -0.05) is 13.0 Å². The molecule has 63 valence electrons. The molecule has 1 radical (unpaired) electrons. The van der Waals surface area contributed by atoms with Gasteiger partial charge in [0.2, 0.25) is 6.29 Å². The standard InChI is InChI=1S/C8H9N2OS/c1-2-3-6(4-11)7-5-12-8(9)10-7/h3,5H,2H2,1H3,(H2,9,10)/b6-3-. The molecule has 2 N–H and O–H groups in total. The van der Waals surface area contributed by atoms with Gasteiger partial charge in [0.15, 0.2) is 5.13 Å². The summed E-state index contributed by atoms with van der Waals surface area (Å²) in [5.74, 6) is 0. The third-order valence-electron chi connectivity index (χ3n) is 1.32. The molecule has 1 heterocycles. The van der Waals surface area contributed by atoms with Crippen molar-refractivity contribution in [3.8, 4) is 0 Å². The summed E-state index contributed by atoms with van der Waals surface area (Å²) in [6.45, 7) is 1.95. The van der Waals surface area contributed by atoms with E-state index in [4.69, 9.17) is 5.73 Å². The lowest BCUT2D eigenvalue weighted by molar-refractivity contribution is 0.565. The van der Waals surface area contributed by atoms with E-state index in [1.54, 1.807) is 11.5 Å². The molecule has 3 nitrogen and oxygen atoms in total. The van der Waals surface area contributed by atoms with Crippen molar-refractivity contribution in [1.82, 2.24) is 4.98 Å². The monoisotopic (exact) mass is 181 g/mol. The van der Waals surface area contributed by atoms with E-state index in [0.717, 1.165) is 6.42 Å². The molecule has 0 fully saturated rings. The summed E-state index contributed by atoms with van der Waals surface area (Å²) in [5, 5.41) is 2.23. The molecule has 0 atom stereocenters. The third kappa shape index (κ3) is 1.92. The molecule has 0 saturated carbocycles. The van der Waals surface area contributed by atoms with Crippen LogP contribution in [0.1, 0.15) is 19.0 Å². The van der Waals surface area contributed by atoms with Crippen molar-refractivity contribution >= 4 is 28.3 Å². The predicted octanol–water partition coefficient (Wildman–Crippen LogP) is 1.63. The topological polar surface area (TPSA) is 56.0 Å². The van der Waals surface area contributed by atoms with E-state index in [2.05, 4.69) is 4.98 Å². The quantitative estimate of drug-likeness (QED) is 0.721. The Morgan fingerprint density at radius 3 is 3.08 bits per heavy atom. The van der Waals surface area contributed by atoms with Crippen LogP contribution in [0, 0.1) is 0 Å². The first-order chi connectivity index (χ1) is 5.77. The maximum absolute atomic E-state index is 10.4. The van der Waals surface area contributed by atoms with Gasteiger partial charge in [0.1, 0.15) is 0 Å². The Bertz CT molecular complexity index is 304. The van der Waals surface area contributed by atoms with Gasteiger partial charge >= 0.3 is 0 Å². The second-order valence-corrected chi connectivity index (χ2v) is 3.09. The van der Waals surface area contributed by atoms with Gasteiger partial charge in [0.05, 0.1) is 5.69 Å². The normalized spacial score (nSPS) is 11.6. The summed E-state index contributed by atoms with van der Waals surface area (Å²) >= 11 is 1.32. The van der Waals surface area contributed by atoms with Crippen LogP contribution in [0.5, 0.6) is 0 Å². The number of hydrogen-bond donors (Lipinski definition) is 1. The molecule has 0 saturated heterocycles. The summed E-state index contributed by atoms with van der Waals surface area (Å²) in [7, 11) is 0. The number of nitrogen functional groups attached to an aromatic ring is 1. The van der Waals surface area contributed by atoms with E-state index in [1.807, 2.05) is 13.2 Å². The van der Waals surface area contributed by atoms with E-state index < -0.39 is 0 Å². The highest BCUT2D eigenvalue weighted by molar-refractivity contribution is 7.13. The minimum Gasteiger partial charge on any atom is -0.375 e. The molecule has 0 unspecified atom stereocenters. The Labute approximate surface area is 74.9 Å². The number of aromatic nitrogens is 1. The van der Waals surface area contributed by atoms with Gasteiger partial charge in [-0.05, 0) is 6.42 Å². The van der Waals surface area contributed by atoms with Crippen molar-refractivity contribution in [2.75, 3.05) is 5.73 Å². The Morgan fingerprint density at radius 2 is 2.67 bits per heavy atom. The molecular weight excluding hydrogens is 172 g/mol. The highest BCUT2D eigenvalue weighted by Gasteiger charge is 2.04. The number of nitrogens with two attached hydrogens (primary N) is 1. The highest BCUT2D eigenvalue weighted by atomic mass is 32.1. The zero-order valence-corrected chi connectivity index (χ0v) is 7.52. The molecule has 0 bridgehead atoms. The van der Waals surface area contributed by atoms with Gasteiger partial charge in [-0.25, -0.2) is 4.98 Å². The zero-order chi connectivity index (χ0) is 8.97. The average molecular weight is 181 g/mol. The molecule has 4 heteroatoms. The lowest BCUT2D eigenvalue weighted by atomic mass is 10.2. The first-order valence-electron chi connectivity index (χ1n) is 3.57. The zero-order valence-electron chi connectivity index (χ0n) is 6.70. The fourth-order valence-electron chi connectivity index (χ4n) is 0.814. The number of allylic oxidation sites excluding steroid dienone is 2. The molecule has 1 rings (SSSR count). The van der Waals surface area contributed by atoms with Crippen LogP contribution < -0.4 is 5.73 Å². The van der Waals surface area contributed by atoms with E-state index in [9.17, 15) is 4.79 Å². The molecule has 0 aromatic carbocycles. The van der Waals surface area contributed by atoms with Crippen LogP contribution in [-0.2, 0) is 4.79 Å². The van der Waals surface area contributed by atoms with Gasteiger partial charge < -0.3 is 5.73 Å². The van der Waals surface area contributed by atoms with Crippen LogP contribution in [0.15, 0.2) is 11.5 Å². The van der Waals surface area contributed by atoms with Gasteiger partial charge in [-0.2, -0.15) is 0 Å². The largest absolute Gasteiger partial charge is 0.375 e. The van der Waals surface area contributed by atoms with Crippen LogP contribution in [0.3, 0.4) is 0 Å². The van der Waals surface area contributed by atoms with Crippen molar-refractivity contribution in [2.24, 2.45) is 0 Å². The van der Waals surface area contributed by atoms with Crippen molar-refractivity contribution in [1.29, 1.82) is 0 Å². The molecule has 1 aromatic rings. The van der Waals surface area contributed by atoms with Gasteiger partial charge in [-0.15, -0.1) is 11.3 Å². The van der Waals surface area contributed by atoms with E-state index in [-0.39, 0.29) is 0 Å².